The average Bonchev–Trinajstić information content (AvgIpc) is 3.44. The lowest BCUT2D eigenvalue weighted by atomic mass is 10.1. The molecule has 1 fully saturated rings. The number of benzene rings is 2. The maximum Gasteiger partial charge on any atom is 0.490 e. The highest BCUT2D eigenvalue weighted by atomic mass is 35.5. The number of fused-ring (bicyclic) bond motifs is 2. The van der Waals surface area contributed by atoms with Crippen molar-refractivity contribution in [2.75, 3.05) is 18.0 Å². The number of alkyl halides is 3. The first kappa shape index (κ1) is 29.3. The molecule has 1 atom stereocenters. The molecule has 3 heterocycles. The van der Waals surface area contributed by atoms with Gasteiger partial charge in [0.1, 0.15) is 16.1 Å². The van der Waals surface area contributed by atoms with Gasteiger partial charge in [0.2, 0.25) is 5.91 Å². The second-order valence-corrected chi connectivity index (χ2v) is 12.2. The van der Waals surface area contributed by atoms with Crippen molar-refractivity contribution in [1.29, 1.82) is 0 Å². The number of halogens is 4. The average molecular weight is 616 g/mol. The van der Waals surface area contributed by atoms with Crippen molar-refractivity contribution in [3.63, 3.8) is 0 Å². The second kappa shape index (κ2) is 11.1. The Bertz CT molecular complexity index is 1730. The number of pyridine rings is 1. The van der Waals surface area contributed by atoms with Gasteiger partial charge in [0.25, 0.3) is 10.0 Å². The highest BCUT2D eigenvalue weighted by Crippen LogP contribution is 2.32. The Kier molecular flexibility index (Phi) is 8.12. The van der Waals surface area contributed by atoms with E-state index in [0.717, 1.165) is 37.8 Å². The van der Waals surface area contributed by atoms with Crippen LogP contribution in [0.3, 0.4) is 0 Å². The van der Waals surface area contributed by atoms with Crippen molar-refractivity contribution in [3.8, 4) is 0 Å². The first-order chi connectivity index (χ1) is 18.7. The molecule has 40 heavy (non-hydrogen) atoms. The summed E-state index contributed by atoms with van der Waals surface area (Å²) in [6.45, 7) is 0.669. The lowest BCUT2D eigenvalue weighted by Gasteiger charge is -2.19. The molecule has 0 saturated carbocycles. The van der Waals surface area contributed by atoms with E-state index in [1.165, 1.54) is 0 Å². The number of aliphatic carboxylic acids is 1. The minimum atomic E-state index is -5.08. The van der Waals surface area contributed by atoms with Gasteiger partial charge in [-0.15, -0.1) is 11.3 Å². The molecule has 4 aromatic rings. The Labute approximate surface area is 234 Å². The summed E-state index contributed by atoms with van der Waals surface area (Å²) in [5.74, 6) is -2.66. The SMILES string of the molecule is Nc1cc2ccnc(N)c2cc1CN1CC[C@H](NS(=O)(=O)c2cc3ccc(Cl)cc3s2)C1=O.O=C(O)C(F)(F)F. The number of rotatable bonds is 5. The fourth-order valence-electron chi connectivity index (χ4n) is 4.01. The molecule has 0 unspecified atom stereocenters. The fraction of sp³-hybridized carbons (Fsp3) is 0.208. The minimum Gasteiger partial charge on any atom is -0.475 e. The Morgan fingerprint density at radius 3 is 2.55 bits per heavy atom. The number of thiophene rings is 1. The molecule has 16 heteroatoms. The number of carbonyl (C=O) groups excluding carboxylic acids is 1. The third-order valence-electron chi connectivity index (χ3n) is 5.98. The highest BCUT2D eigenvalue weighted by Gasteiger charge is 2.38. The van der Waals surface area contributed by atoms with Gasteiger partial charge in [-0.1, -0.05) is 17.7 Å². The van der Waals surface area contributed by atoms with E-state index >= 15 is 0 Å². The van der Waals surface area contributed by atoms with Gasteiger partial charge in [0.15, 0.2) is 0 Å². The second-order valence-electron chi connectivity index (χ2n) is 8.74. The molecule has 5 rings (SSSR count). The van der Waals surface area contributed by atoms with Crippen LogP contribution >= 0.6 is 22.9 Å². The number of likely N-dealkylation sites (tertiary alicyclic amines) is 1. The minimum absolute atomic E-state index is 0.146. The van der Waals surface area contributed by atoms with Gasteiger partial charge >= 0.3 is 12.1 Å². The number of anilines is 2. The van der Waals surface area contributed by atoms with Gasteiger partial charge in [0.05, 0.1) is 0 Å². The molecule has 0 aliphatic carbocycles. The number of aromatic nitrogens is 1. The number of nitrogen functional groups attached to an aromatic ring is 2. The molecule has 0 radical (unpaired) electrons. The number of carboxylic acid groups (broad SMARTS) is 1. The van der Waals surface area contributed by atoms with Crippen LogP contribution in [0.5, 0.6) is 0 Å². The van der Waals surface area contributed by atoms with Crippen LogP contribution in [-0.4, -0.2) is 54.0 Å². The van der Waals surface area contributed by atoms with Gasteiger partial charge in [-0.3, -0.25) is 4.79 Å². The quantitative estimate of drug-likeness (QED) is 0.244. The highest BCUT2D eigenvalue weighted by molar-refractivity contribution is 7.91. The molecule has 1 saturated heterocycles. The summed E-state index contributed by atoms with van der Waals surface area (Å²) in [5.41, 5.74) is 13.5. The Morgan fingerprint density at radius 2 is 1.88 bits per heavy atom. The van der Waals surface area contributed by atoms with Crippen LogP contribution in [0, 0.1) is 0 Å². The summed E-state index contributed by atoms with van der Waals surface area (Å²) in [6, 6.07) is 11.4. The molecule has 1 aliphatic heterocycles. The molecule has 10 nitrogen and oxygen atoms in total. The van der Waals surface area contributed by atoms with E-state index in [2.05, 4.69) is 9.71 Å². The third kappa shape index (κ3) is 6.38. The summed E-state index contributed by atoms with van der Waals surface area (Å²) in [5, 5.41) is 10.1. The summed E-state index contributed by atoms with van der Waals surface area (Å²) in [4.78, 5) is 27.6. The molecule has 0 spiro atoms. The van der Waals surface area contributed by atoms with E-state index in [1.54, 1.807) is 41.4 Å². The molecule has 2 aromatic carbocycles. The number of nitrogens with two attached hydrogens (primary N) is 2. The summed E-state index contributed by atoms with van der Waals surface area (Å²) in [7, 11) is -3.86. The third-order valence-corrected chi connectivity index (χ3v) is 9.26. The van der Waals surface area contributed by atoms with E-state index in [1.807, 2.05) is 12.1 Å². The molecule has 0 bridgehead atoms. The van der Waals surface area contributed by atoms with Crippen LogP contribution in [0.4, 0.5) is 24.7 Å². The largest absolute Gasteiger partial charge is 0.490 e. The molecular weight excluding hydrogens is 595 g/mol. The lowest BCUT2D eigenvalue weighted by molar-refractivity contribution is -0.192. The molecule has 1 aliphatic rings. The lowest BCUT2D eigenvalue weighted by Crippen LogP contribution is -2.41. The van der Waals surface area contributed by atoms with Gasteiger partial charge in [-0.05, 0) is 59.2 Å². The zero-order chi connectivity index (χ0) is 29.4. The number of carbonyl (C=O) groups is 2. The first-order valence-electron chi connectivity index (χ1n) is 11.4. The Hall–Kier alpha value is -3.66. The van der Waals surface area contributed by atoms with Gasteiger partial charge in [-0.25, -0.2) is 18.2 Å². The zero-order valence-corrected chi connectivity index (χ0v) is 22.7. The van der Waals surface area contributed by atoms with Gasteiger partial charge in [-0.2, -0.15) is 17.9 Å². The maximum absolute atomic E-state index is 13.0. The fourth-order valence-corrected chi connectivity index (χ4v) is 6.93. The number of amides is 1. The Balaban J connectivity index is 0.000000470. The Morgan fingerprint density at radius 1 is 1.18 bits per heavy atom. The van der Waals surface area contributed by atoms with Crippen LogP contribution in [0.15, 0.2) is 52.9 Å². The predicted octanol–water partition coefficient (Wildman–Crippen LogP) is 3.98. The van der Waals surface area contributed by atoms with E-state index in [4.69, 9.17) is 33.0 Å². The van der Waals surface area contributed by atoms with E-state index < -0.39 is 28.2 Å². The van der Waals surface area contributed by atoms with Crippen LogP contribution in [0.2, 0.25) is 5.02 Å². The monoisotopic (exact) mass is 615 g/mol. The van der Waals surface area contributed by atoms with Gasteiger partial charge < -0.3 is 21.5 Å². The molecule has 2 aromatic heterocycles. The topological polar surface area (TPSA) is 169 Å². The van der Waals surface area contributed by atoms with Crippen LogP contribution in [-0.2, 0) is 26.2 Å². The maximum atomic E-state index is 13.0. The standard InChI is InChI=1S/C22H20ClN5O3S2.C2HF3O2/c23-15-2-1-13-9-20(32-19(13)10-15)33(30,31)27-18-4-6-28(22(18)29)11-14-7-16-12(8-17(14)24)3-5-26-21(16)25;3-2(4,5)1(6)7/h1-3,5,7-10,18,27H,4,6,11,24H2,(H2,25,26);(H,6,7)/t18-;/m0./s1. The van der Waals surface area contributed by atoms with Crippen molar-refractivity contribution < 1.29 is 36.3 Å². The summed E-state index contributed by atoms with van der Waals surface area (Å²) < 4.78 is 61.1. The number of hydrogen-bond donors (Lipinski definition) is 4. The van der Waals surface area contributed by atoms with E-state index in [9.17, 15) is 26.4 Å². The van der Waals surface area contributed by atoms with Gasteiger partial charge in [0, 0.05) is 40.1 Å². The van der Waals surface area contributed by atoms with Crippen molar-refractivity contribution in [1.82, 2.24) is 14.6 Å². The van der Waals surface area contributed by atoms with Crippen LogP contribution in [0.1, 0.15) is 12.0 Å². The molecule has 6 N–H and O–H groups in total. The number of nitrogens with one attached hydrogen (secondary N) is 1. The number of carboxylic acids is 1. The predicted molar refractivity (Wildman–Crippen MR) is 145 cm³/mol. The summed E-state index contributed by atoms with van der Waals surface area (Å²) >= 11 is 7.12. The summed E-state index contributed by atoms with van der Waals surface area (Å²) in [6.07, 6.45) is -3.10. The molecule has 1 amide bonds. The van der Waals surface area contributed by atoms with E-state index in [0.29, 0.717) is 29.5 Å². The number of nitrogens with zero attached hydrogens (tertiary/aromatic N) is 2. The van der Waals surface area contributed by atoms with Crippen molar-refractivity contribution in [2.24, 2.45) is 0 Å². The number of hydrogen-bond acceptors (Lipinski definition) is 8. The van der Waals surface area contributed by atoms with Crippen molar-refractivity contribution in [3.05, 3.63) is 59.2 Å². The first-order valence-corrected chi connectivity index (χ1v) is 14.1. The molecular formula is C24H21ClF3N5O5S2. The van der Waals surface area contributed by atoms with E-state index in [-0.39, 0.29) is 16.7 Å². The normalized spacial score (nSPS) is 15.8. The van der Waals surface area contributed by atoms with Crippen LogP contribution in [0.25, 0.3) is 20.9 Å². The smallest absolute Gasteiger partial charge is 0.475 e. The van der Waals surface area contributed by atoms with Crippen molar-refractivity contribution >= 4 is 77.2 Å². The van der Waals surface area contributed by atoms with Crippen molar-refractivity contribution in [2.45, 2.75) is 29.4 Å². The number of sulfonamides is 1. The molecule has 212 valence electrons. The zero-order valence-electron chi connectivity index (χ0n) is 20.3. The van der Waals surface area contributed by atoms with Crippen LogP contribution < -0.4 is 16.2 Å².